The van der Waals surface area contributed by atoms with Crippen LogP contribution in [0.25, 0.3) is 0 Å². The third-order valence-electron chi connectivity index (χ3n) is 6.01. The Balaban J connectivity index is 1.74. The lowest BCUT2D eigenvalue weighted by atomic mass is 9.76. The lowest BCUT2D eigenvalue weighted by molar-refractivity contribution is -0.116. The highest BCUT2D eigenvalue weighted by molar-refractivity contribution is 5.99. The maximum Gasteiger partial charge on any atom is 0.161 e. The summed E-state index contributed by atoms with van der Waals surface area (Å²) in [4.78, 5) is 14.7. The minimum absolute atomic E-state index is 0.0747. The first-order chi connectivity index (χ1) is 15.5. The Hall–Kier alpha value is -3.72. The number of nitrogens with zero attached hydrogens (tertiary/aromatic N) is 2. The van der Waals surface area contributed by atoms with Crippen LogP contribution in [0.2, 0.25) is 0 Å². The molecule has 32 heavy (non-hydrogen) atoms. The van der Waals surface area contributed by atoms with Crippen LogP contribution in [0.3, 0.4) is 0 Å². The average Bonchev–Trinajstić information content (AvgIpc) is 2.81. The molecule has 0 saturated carbocycles. The Morgan fingerprint density at radius 2 is 1.91 bits per heavy atom. The molecule has 0 bridgehead atoms. The molecule has 6 heteroatoms. The van der Waals surface area contributed by atoms with Gasteiger partial charge in [-0.05, 0) is 43.0 Å². The molecule has 6 nitrogen and oxygen atoms in total. The van der Waals surface area contributed by atoms with Gasteiger partial charge < -0.3 is 20.1 Å². The maximum atomic E-state index is 12.9. The second-order valence-electron chi connectivity index (χ2n) is 7.95. The first kappa shape index (κ1) is 21.5. The SMILES string of the molecule is CCOc1cc([C@@H]2C(C#N)=C(N)N(C)C3=C2C(=O)CCC3)ccc1OCc1ccccc1. The van der Waals surface area contributed by atoms with E-state index in [9.17, 15) is 10.1 Å². The number of ether oxygens (including phenoxy) is 2. The molecule has 0 spiro atoms. The molecule has 1 aliphatic heterocycles. The number of carbonyl (C=O) groups is 1. The number of Topliss-reactive ketones (excluding diaryl/α,β-unsaturated/α-hetero) is 1. The highest BCUT2D eigenvalue weighted by atomic mass is 16.5. The van der Waals surface area contributed by atoms with Crippen molar-refractivity contribution in [1.29, 1.82) is 5.26 Å². The third-order valence-corrected chi connectivity index (χ3v) is 6.01. The van der Waals surface area contributed by atoms with E-state index in [0.29, 0.717) is 48.1 Å². The lowest BCUT2D eigenvalue weighted by Crippen LogP contribution is -2.36. The summed E-state index contributed by atoms with van der Waals surface area (Å²) in [6.07, 6.45) is 2.04. The number of benzene rings is 2. The molecule has 2 N–H and O–H groups in total. The van der Waals surface area contributed by atoms with Crippen molar-refractivity contribution in [1.82, 2.24) is 4.90 Å². The number of allylic oxidation sites excluding steroid dienone is 3. The van der Waals surface area contributed by atoms with Crippen LogP contribution < -0.4 is 15.2 Å². The van der Waals surface area contributed by atoms with Crippen LogP contribution in [0, 0.1) is 11.3 Å². The molecule has 1 atom stereocenters. The number of ketones is 1. The highest BCUT2D eigenvalue weighted by Gasteiger charge is 2.38. The Bertz CT molecular complexity index is 1130. The van der Waals surface area contributed by atoms with Gasteiger partial charge in [-0.25, -0.2) is 0 Å². The zero-order valence-electron chi connectivity index (χ0n) is 18.4. The molecule has 0 fully saturated rings. The maximum absolute atomic E-state index is 12.9. The summed E-state index contributed by atoms with van der Waals surface area (Å²) >= 11 is 0. The van der Waals surface area contributed by atoms with Gasteiger partial charge in [0.05, 0.1) is 24.2 Å². The van der Waals surface area contributed by atoms with E-state index in [2.05, 4.69) is 6.07 Å². The minimum Gasteiger partial charge on any atom is -0.490 e. The molecule has 2 aliphatic rings. The van der Waals surface area contributed by atoms with Gasteiger partial charge >= 0.3 is 0 Å². The molecular weight excluding hydrogens is 402 g/mol. The number of hydrogen-bond acceptors (Lipinski definition) is 6. The zero-order chi connectivity index (χ0) is 22.7. The predicted octanol–water partition coefficient (Wildman–Crippen LogP) is 4.39. The topological polar surface area (TPSA) is 88.6 Å². The van der Waals surface area contributed by atoms with Crippen molar-refractivity contribution in [3.63, 3.8) is 0 Å². The molecule has 4 rings (SSSR count). The minimum atomic E-state index is -0.499. The summed E-state index contributed by atoms with van der Waals surface area (Å²) < 4.78 is 11.9. The largest absolute Gasteiger partial charge is 0.490 e. The van der Waals surface area contributed by atoms with Crippen molar-refractivity contribution in [2.24, 2.45) is 5.73 Å². The van der Waals surface area contributed by atoms with Crippen molar-refractivity contribution in [3.8, 4) is 17.6 Å². The van der Waals surface area contributed by atoms with Crippen molar-refractivity contribution >= 4 is 5.78 Å². The smallest absolute Gasteiger partial charge is 0.161 e. The molecule has 0 saturated heterocycles. The van der Waals surface area contributed by atoms with Gasteiger partial charge in [0.2, 0.25) is 0 Å². The third kappa shape index (κ3) is 3.94. The molecule has 0 aromatic heterocycles. The van der Waals surface area contributed by atoms with E-state index in [1.807, 2.05) is 62.5 Å². The van der Waals surface area contributed by atoms with E-state index in [1.165, 1.54) is 0 Å². The van der Waals surface area contributed by atoms with Gasteiger partial charge in [0, 0.05) is 24.7 Å². The summed E-state index contributed by atoms with van der Waals surface area (Å²) in [5, 5.41) is 9.92. The van der Waals surface area contributed by atoms with Gasteiger partial charge in [-0.1, -0.05) is 36.4 Å². The highest BCUT2D eigenvalue weighted by Crippen LogP contribution is 2.45. The van der Waals surface area contributed by atoms with E-state index in [1.54, 1.807) is 4.90 Å². The van der Waals surface area contributed by atoms with Crippen molar-refractivity contribution in [3.05, 3.63) is 82.3 Å². The molecule has 1 aliphatic carbocycles. The Labute approximate surface area is 188 Å². The van der Waals surface area contributed by atoms with Crippen molar-refractivity contribution in [2.75, 3.05) is 13.7 Å². The monoisotopic (exact) mass is 429 g/mol. The number of nitrogens with two attached hydrogens (primary N) is 1. The normalized spacial score (nSPS) is 18.3. The van der Waals surface area contributed by atoms with E-state index in [-0.39, 0.29) is 5.78 Å². The summed E-state index contributed by atoms with van der Waals surface area (Å²) in [6, 6.07) is 17.8. The van der Waals surface area contributed by atoms with Gasteiger partial charge in [0.25, 0.3) is 0 Å². The molecule has 164 valence electrons. The quantitative estimate of drug-likeness (QED) is 0.732. The van der Waals surface area contributed by atoms with Crippen LogP contribution in [0.15, 0.2) is 71.2 Å². The Kier molecular flexibility index (Phi) is 6.18. The van der Waals surface area contributed by atoms with Gasteiger partial charge in [0.1, 0.15) is 12.4 Å². The van der Waals surface area contributed by atoms with Crippen LogP contribution in [0.5, 0.6) is 11.5 Å². The van der Waals surface area contributed by atoms with E-state index < -0.39 is 5.92 Å². The van der Waals surface area contributed by atoms with Gasteiger partial charge in [-0.3, -0.25) is 4.79 Å². The summed E-state index contributed by atoms with van der Waals surface area (Å²) in [5.41, 5.74) is 10.2. The fourth-order valence-corrected chi connectivity index (χ4v) is 4.42. The molecular formula is C26H27N3O3. The second kappa shape index (κ2) is 9.19. The Morgan fingerprint density at radius 3 is 2.62 bits per heavy atom. The van der Waals surface area contributed by atoms with Gasteiger partial charge in [0.15, 0.2) is 17.3 Å². The molecule has 2 aromatic carbocycles. The van der Waals surface area contributed by atoms with Crippen LogP contribution in [-0.4, -0.2) is 24.3 Å². The van der Waals surface area contributed by atoms with E-state index in [0.717, 1.165) is 29.7 Å². The van der Waals surface area contributed by atoms with Crippen LogP contribution in [0.1, 0.15) is 43.2 Å². The van der Waals surface area contributed by atoms with Crippen LogP contribution in [0.4, 0.5) is 0 Å². The fraction of sp³-hybridized carbons (Fsp3) is 0.308. The molecule has 2 aromatic rings. The fourth-order valence-electron chi connectivity index (χ4n) is 4.42. The molecule has 0 unspecified atom stereocenters. The van der Waals surface area contributed by atoms with Crippen LogP contribution >= 0.6 is 0 Å². The van der Waals surface area contributed by atoms with Gasteiger partial charge in [-0.15, -0.1) is 0 Å². The number of hydrogen-bond donors (Lipinski definition) is 1. The summed E-state index contributed by atoms with van der Waals surface area (Å²) in [6.45, 7) is 2.79. The summed E-state index contributed by atoms with van der Waals surface area (Å²) in [7, 11) is 1.82. The second-order valence-corrected chi connectivity index (χ2v) is 7.95. The number of nitriles is 1. The first-order valence-corrected chi connectivity index (χ1v) is 10.9. The predicted molar refractivity (Wildman–Crippen MR) is 122 cm³/mol. The summed E-state index contributed by atoms with van der Waals surface area (Å²) in [5.74, 6) is 1.17. The molecule has 1 heterocycles. The van der Waals surface area contributed by atoms with E-state index in [4.69, 9.17) is 15.2 Å². The van der Waals surface area contributed by atoms with Crippen molar-refractivity contribution < 1.29 is 14.3 Å². The van der Waals surface area contributed by atoms with Crippen LogP contribution in [-0.2, 0) is 11.4 Å². The average molecular weight is 430 g/mol. The van der Waals surface area contributed by atoms with Crippen molar-refractivity contribution in [2.45, 2.75) is 38.7 Å². The molecule has 0 radical (unpaired) electrons. The Morgan fingerprint density at radius 1 is 1.12 bits per heavy atom. The lowest BCUT2D eigenvalue weighted by Gasteiger charge is -2.37. The number of carbonyl (C=O) groups excluding carboxylic acids is 1. The molecule has 0 amide bonds. The van der Waals surface area contributed by atoms with E-state index >= 15 is 0 Å². The zero-order valence-corrected chi connectivity index (χ0v) is 18.4. The standard InChI is InChI=1S/C26H27N3O3/c1-3-31-23-14-18(12-13-22(23)32-16-17-8-5-4-6-9-17)24-19(15-27)26(28)29(2)20-10-7-11-21(30)25(20)24/h4-6,8-9,12-14,24H,3,7,10-11,16,28H2,1-2H3/t24-/m1/s1. The first-order valence-electron chi connectivity index (χ1n) is 10.9. The number of rotatable bonds is 6. The van der Waals surface area contributed by atoms with Gasteiger partial charge in [-0.2, -0.15) is 5.26 Å².